The fraction of sp³-hybridized carbons (Fsp3) is 0.278. The van der Waals surface area contributed by atoms with Gasteiger partial charge in [0.2, 0.25) is 10.0 Å². The Bertz CT molecular complexity index is 836. The fourth-order valence-corrected chi connectivity index (χ4v) is 2.86. The van der Waals surface area contributed by atoms with Crippen molar-refractivity contribution in [2.75, 3.05) is 12.8 Å². The van der Waals surface area contributed by atoms with Crippen molar-refractivity contribution in [3.63, 3.8) is 0 Å². The molecule has 0 fully saturated rings. The van der Waals surface area contributed by atoms with E-state index >= 15 is 0 Å². The molecule has 0 saturated carbocycles. The molecule has 5 nitrogen and oxygen atoms in total. The van der Waals surface area contributed by atoms with Crippen LogP contribution in [0.3, 0.4) is 0 Å². The largest absolute Gasteiger partial charge is 0.345 e. The van der Waals surface area contributed by atoms with Gasteiger partial charge in [-0.05, 0) is 37.1 Å². The first-order valence-corrected chi connectivity index (χ1v) is 9.74. The van der Waals surface area contributed by atoms with Crippen LogP contribution < -0.4 is 10.0 Å². The van der Waals surface area contributed by atoms with Crippen LogP contribution >= 0.6 is 0 Å². The molecule has 2 aromatic carbocycles. The Morgan fingerprint density at radius 2 is 1.76 bits per heavy atom. The molecule has 0 heterocycles. The maximum Gasteiger partial charge on any atom is 0.251 e. The van der Waals surface area contributed by atoms with Crippen LogP contribution in [0.15, 0.2) is 48.5 Å². The summed E-state index contributed by atoms with van der Waals surface area (Å²) in [6.07, 6.45) is 1.64. The van der Waals surface area contributed by atoms with E-state index < -0.39 is 16.1 Å². The van der Waals surface area contributed by atoms with Crippen molar-refractivity contribution in [1.82, 2.24) is 10.0 Å². The summed E-state index contributed by atoms with van der Waals surface area (Å²) in [6.45, 7) is 2.02. The van der Waals surface area contributed by atoms with Crippen molar-refractivity contribution in [1.29, 1.82) is 0 Å². The van der Waals surface area contributed by atoms with E-state index in [0.717, 1.165) is 11.8 Å². The van der Waals surface area contributed by atoms with Crippen LogP contribution in [0.25, 0.3) is 0 Å². The molecular formula is C18H21FN2O3S. The number of halogens is 1. The minimum atomic E-state index is -3.20. The van der Waals surface area contributed by atoms with E-state index in [1.54, 1.807) is 49.4 Å². The van der Waals surface area contributed by atoms with Crippen LogP contribution in [-0.2, 0) is 16.4 Å². The molecule has 0 spiro atoms. The van der Waals surface area contributed by atoms with Crippen molar-refractivity contribution >= 4 is 15.9 Å². The molecule has 0 aliphatic carbocycles. The minimum absolute atomic E-state index is 0.295. The van der Waals surface area contributed by atoms with Gasteiger partial charge in [-0.3, -0.25) is 4.79 Å². The number of hydrogen-bond donors (Lipinski definition) is 2. The minimum Gasteiger partial charge on any atom is -0.345 e. The highest BCUT2D eigenvalue weighted by Gasteiger charge is 2.14. The predicted octanol–water partition coefficient (Wildman–Crippen LogP) is 2.41. The summed E-state index contributed by atoms with van der Waals surface area (Å²) < 4.78 is 38.2. The number of rotatable bonds is 7. The van der Waals surface area contributed by atoms with Crippen LogP contribution in [0.4, 0.5) is 4.39 Å². The number of nitrogens with one attached hydrogen (secondary N) is 2. The summed E-state index contributed by atoms with van der Waals surface area (Å²) in [4.78, 5) is 12.3. The lowest BCUT2D eigenvalue weighted by Gasteiger charge is -2.15. The zero-order valence-electron chi connectivity index (χ0n) is 14.1. The van der Waals surface area contributed by atoms with Crippen molar-refractivity contribution in [3.05, 3.63) is 71.0 Å². The molecular weight excluding hydrogens is 343 g/mol. The summed E-state index contributed by atoms with van der Waals surface area (Å²) in [5.41, 5.74) is 1.80. The van der Waals surface area contributed by atoms with E-state index in [-0.39, 0.29) is 11.7 Å². The molecule has 2 aromatic rings. The zero-order chi connectivity index (χ0) is 18.4. The Kier molecular flexibility index (Phi) is 6.27. The summed E-state index contributed by atoms with van der Waals surface area (Å²) >= 11 is 0. The van der Waals surface area contributed by atoms with E-state index in [4.69, 9.17) is 0 Å². The average molecular weight is 364 g/mol. The van der Waals surface area contributed by atoms with E-state index in [2.05, 4.69) is 10.0 Å². The lowest BCUT2D eigenvalue weighted by Crippen LogP contribution is -2.27. The number of benzene rings is 2. The van der Waals surface area contributed by atoms with Crippen LogP contribution in [0.2, 0.25) is 0 Å². The third-order valence-electron chi connectivity index (χ3n) is 3.71. The molecule has 7 heteroatoms. The Balaban J connectivity index is 1.95. The van der Waals surface area contributed by atoms with E-state index in [0.29, 0.717) is 24.1 Å². The van der Waals surface area contributed by atoms with Gasteiger partial charge in [-0.2, -0.15) is 0 Å². The molecule has 2 rings (SSSR count). The van der Waals surface area contributed by atoms with Crippen LogP contribution in [0, 0.1) is 5.82 Å². The molecule has 1 atom stereocenters. The highest BCUT2D eigenvalue weighted by molar-refractivity contribution is 7.88. The van der Waals surface area contributed by atoms with Gasteiger partial charge < -0.3 is 5.32 Å². The number of carbonyl (C=O) groups is 1. The fourth-order valence-electron chi connectivity index (χ4n) is 2.39. The van der Waals surface area contributed by atoms with Gasteiger partial charge in [0.05, 0.1) is 12.3 Å². The van der Waals surface area contributed by atoms with E-state index in [9.17, 15) is 17.6 Å². The molecule has 0 saturated heterocycles. The molecule has 1 unspecified atom stereocenters. The van der Waals surface area contributed by atoms with Crippen LogP contribution in [0.1, 0.15) is 34.5 Å². The molecule has 0 aromatic heterocycles. The number of sulfonamides is 1. The predicted molar refractivity (Wildman–Crippen MR) is 95.3 cm³/mol. The summed E-state index contributed by atoms with van der Waals surface area (Å²) in [7, 11) is -3.20. The highest BCUT2D eigenvalue weighted by atomic mass is 32.2. The number of carbonyl (C=O) groups excluding carboxylic acids is 1. The standard InChI is InChI=1S/C18H21FN2O3S/c1-13(16-5-3-4-6-17(16)19)21-18(22)15-9-7-14(8-10-15)11-12-20-25(2,23)24/h3-10,13,20H,11-12H2,1-2H3,(H,21,22). The molecule has 0 aliphatic rings. The van der Waals surface area contributed by atoms with Gasteiger partial charge in [0.15, 0.2) is 0 Å². The quantitative estimate of drug-likeness (QED) is 0.792. The van der Waals surface area contributed by atoms with Gasteiger partial charge in [-0.1, -0.05) is 30.3 Å². The molecule has 1 amide bonds. The zero-order valence-corrected chi connectivity index (χ0v) is 14.9. The average Bonchev–Trinajstić information content (AvgIpc) is 2.54. The van der Waals surface area contributed by atoms with Crippen LogP contribution in [-0.4, -0.2) is 27.1 Å². The Hall–Kier alpha value is -2.25. The van der Waals surface area contributed by atoms with Crippen LogP contribution in [0.5, 0.6) is 0 Å². The summed E-state index contributed by atoms with van der Waals surface area (Å²) in [6, 6.07) is 12.7. The Morgan fingerprint density at radius 1 is 1.12 bits per heavy atom. The first kappa shape index (κ1) is 19.1. The summed E-state index contributed by atoms with van der Waals surface area (Å²) in [5, 5.41) is 2.77. The van der Waals surface area contributed by atoms with E-state index in [1.165, 1.54) is 6.07 Å². The molecule has 25 heavy (non-hydrogen) atoms. The normalized spacial score (nSPS) is 12.6. The molecule has 0 bridgehead atoms. The topological polar surface area (TPSA) is 75.3 Å². The summed E-state index contributed by atoms with van der Waals surface area (Å²) in [5.74, 6) is -0.652. The van der Waals surface area contributed by atoms with Gasteiger partial charge in [0.1, 0.15) is 5.82 Å². The number of hydrogen-bond acceptors (Lipinski definition) is 3. The smallest absolute Gasteiger partial charge is 0.251 e. The molecule has 0 aliphatic heterocycles. The lowest BCUT2D eigenvalue weighted by atomic mass is 10.1. The second kappa shape index (κ2) is 8.22. The number of amides is 1. The van der Waals surface area contributed by atoms with E-state index in [1.807, 2.05) is 0 Å². The van der Waals surface area contributed by atoms with Gasteiger partial charge in [0, 0.05) is 17.7 Å². The molecule has 134 valence electrons. The monoisotopic (exact) mass is 364 g/mol. The second-order valence-corrected chi connectivity index (χ2v) is 7.66. The van der Waals surface area contributed by atoms with Gasteiger partial charge in [-0.25, -0.2) is 17.5 Å². The Labute approximate surface area is 147 Å². The second-order valence-electron chi connectivity index (χ2n) is 5.83. The highest BCUT2D eigenvalue weighted by Crippen LogP contribution is 2.17. The van der Waals surface area contributed by atoms with Gasteiger partial charge in [-0.15, -0.1) is 0 Å². The first-order chi connectivity index (χ1) is 11.8. The maximum absolute atomic E-state index is 13.7. The third kappa shape index (κ3) is 5.95. The van der Waals surface area contributed by atoms with Crippen molar-refractivity contribution in [3.8, 4) is 0 Å². The van der Waals surface area contributed by atoms with Crippen molar-refractivity contribution in [2.24, 2.45) is 0 Å². The van der Waals surface area contributed by atoms with Gasteiger partial charge >= 0.3 is 0 Å². The Morgan fingerprint density at radius 3 is 2.36 bits per heavy atom. The molecule has 2 N–H and O–H groups in total. The third-order valence-corrected chi connectivity index (χ3v) is 4.44. The van der Waals surface area contributed by atoms with Gasteiger partial charge in [0.25, 0.3) is 5.91 Å². The molecule has 0 radical (unpaired) electrons. The lowest BCUT2D eigenvalue weighted by molar-refractivity contribution is 0.0939. The SMILES string of the molecule is CC(NC(=O)c1ccc(CCNS(C)(=O)=O)cc1)c1ccccc1F. The van der Waals surface area contributed by atoms with Crippen molar-refractivity contribution < 1.29 is 17.6 Å². The maximum atomic E-state index is 13.7. The first-order valence-electron chi connectivity index (χ1n) is 7.85. The van der Waals surface area contributed by atoms with Crippen molar-refractivity contribution in [2.45, 2.75) is 19.4 Å².